The fraction of sp³-hybridized carbons (Fsp3) is 0.200. The molecule has 0 saturated heterocycles. The Morgan fingerprint density at radius 2 is 2.04 bits per heavy atom. The molecular weight excluding hydrogens is 317 g/mol. The Kier molecular flexibility index (Phi) is 3.73. The van der Waals surface area contributed by atoms with Gasteiger partial charge in [-0.25, -0.2) is 4.39 Å². The predicted molar refractivity (Wildman–Crippen MR) is 93.6 cm³/mol. The van der Waals surface area contributed by atoms with Crippen molar-refractivity contribution in [2.24, 2.45) is 5.92 Å². The summed E-state index contributed by atoms with van der Waals surface area (Å²) in [5, 5.41) is 12.6. The molecule has 25 heavy (non-hydrogen) atoms. The zero-order chi connectivity index (χ0) is 17.4. The van der Waals surface area contributed by atoms with Gasteiger partial charge in [0, 0.05) is 28.2 Å². The molecule has 2 N–H and O–H groups in total. The number of benzene rings is 2. The van der Waals surface area contributed by atoms with Crippen molar-refractivity contribution < 1.29 is 9.18 Å². The van der Waals surface area contributed by atoms with E-state index in [-0.39, 0.29) is 17.6 Å². The second-order valence-corrected chi connectivity index (χ2v) is 6.39. The van der Waals surface area contributed by atoms with Gasteiger partial charge in [-0.1, -0.05) is 0 Å². The van der Waals surface area contributed by atoms with Crippen LogP contribution in [-0.4, -0.2) is 10.9 Å². The smallest absolute Gasteiger partial charge is 0.227 e. The second kappa shape index (κ2) is 6.06. The molecule has 1 aliphatic rings. The van der Waals surface area contributed by atoms with Crippen LogP contribution in [0.2, 0.25) is 0 Å². The maximum atomic E-state index is 13.6. The fourth-order valence-corrected chi connectivity index (χ4v) is 3.49. The molecule has 0 aliphatic heterocycles. The largest absolute Gasteiger partial charge is 0.358 e. The highest BCUT2D eigenvalue weighted by Crippen LogP contribution is 2.32. The Bertz CT molecular complexity index is 998. The average Bonchev–Trinajstić information content (AvgIpc) is 2.99. The summed E-state index contributed by atoms with van der Waals surface area (Å²) in [5.41, 5.74) is 4.30. The Labute approximate surface area is 144 Å². The standard InChI is InChI=1S/C20H16FN3O/c21-14-4-8-19-17(10-14)16-9-13(3-7-18(16)24-19)20(25)23-15-5-1-12(11-22)2-6-15/h1-2,4-6,8,10,13,24H,3,7,9H2,(H,23,25). The zero-order valence-electron chi connectivity index (χ0n) is 13.5. The summed E-state index contributed by atoms with van der Waals surface area (Å²) in [6.07, 6.45) is 2.13. The molecule has 4 rings (SSSR count). The van der Waals surface area contributed by atoms with E-state index in [1.54, 1.807) is 30.3 Å². The van der Waals surface area contributed by atoms with Crippen molar-refractivity contribution in [2.75, 3.05) is 5.32 Å². The van der Waals surface area contributed by atoms with Crippen LogP contribution >= 0.6 is 0 Å². The molecule has 1 atom stereocenters. The van der Waals surface area contributed by atoms with Crippen LogP contribution in [0.5, 0.6) is 0 Å². The molecule has 0 bridgehead atoms. The van der Waals surface area contributed by atoms with Gasteiger partial charge in [0.2, 0.25) is 5.91 Å². The minimum Gasteiger partial charge on any atom is -0.358 e. The number of nitriles is 1. The molecule has 1 aromatic heterocycles. The molecule has 1 unspecified atom stereocenters. The Balaban J connectivity index is 1.55. The number of anilines is 1. The third-order valence-electron chi connectivity index (χ3n) is 4.80. The van der Waals surface area contributed by atoms with Gasteiger partial charge in [-0.05, 0) is 67.3 Å². The zero-order valence-corrected chi connectivity index (χ0v) is 13.5. The highest BCUT2D eigenvalue weighted by Gasteiger charge is 2.27. The number of hydrogen-bond acceptors (Lipinski definition) is 2. The van der Waals surface area contributed by atoms with Crippen LogP contribution in [0.1, 0.15) is 23.2 Å². The lowest BCUT2D eigenvalue weighted by Crippen LogP contribution is -2.28. The van der Waals surface area contributed by atoms with Crippen LogP contribution in [0.3, 0.4) is 0 Å². The first kappa shape index (κ1) is 15.4. The van der Waals surface area contributed by atoms with Crippen LogP contribution in [-0.2, 0) is 17.6 Å². The molecule has 0 spiro atoms. The van der Waals surface area contributed by atoms with Gasteiger partial charge in [0.05, 0.1) is 11.6 Å². The highest BCUT2D eigenvalue weighted by molar-refractivity contribution is 5.94. The van der Waals surface area contributed by atoms with E-state index in [0.29, 0.717) is 17.7 Å². The molecule has 0 fully saturated rings. The van der Waals surface area contributed by atoms with Gasteiger partial charge in [-0.3, -0.25) is 4.79 Å². The van der Waals surface area contributed by atoms with Gasteiger partial charge in [-0.2, -0.15) is 5.26 Å². The van der Waals surface area contributed by atoms with Crippen LogP contribution in [0.15, 0.2) is 42.5 Å². The normalized spacial score (nSPS) is 16.2. The molecule has 4 nitrogen and oxygen atoms in total. The van der Waals surface area contributed by atoms with Crippen LogP contribution in [0.4, 0.5) is 10.1 Å². The first-order valence-corrected chi connectivity index (χ1v) is 8.24. The van der Waals surface area contributed by atoms with E-state index in [1.807, 2.05) is 0 Å². The second-order valence-electron chi connectivity index (χ2n) is 6.39. The van der Waals surface area contributed by atoms with E-state index in [9.17, 15) is 9.18 Å². The van der Waals surface area contributed by atoms with Crippen molar-refractivity contribution in [3.63, 3.8) is 0 Å². The Morgan fingerprint density at radius 1 is 1.24 bits per heavy atom. The Hall–Kier alpha value is -3.13. The number of nitrogens with zero attached hydrogens (tertiary/aromatic N) is 1. The summed E-state index contributed by atoms with van der Waals surface area (Å²) in [6.45, 7) is 0. The van der Waals surface area contributed by atoms with E-state index in [2.05, 4.69) is 16.4 Å². The number of fused-ring (bicyclic) bond motifs is 3. The lowest BCUT2D eigenvalue weighted by Gasteiger charge is -2.22. The minimum absolute atomic E-state index is 0.0406. The van der Waals surface area contributed by atoms with Crippen molar-refractivity contribution in [1.82, 2.24) is 4.98 Å². The summed E-state index contributed by atoms with van der Waals surface area (Å²) in [6, 6.07) is 13.6. The van der Waals surface area contributed by atoms with Crippen molar-refractivity contribution in [3.8, 4) is 6.07 Å². The monoisotopic (exact) mass is 333 g/mol. The lowest BCUT2D eigenvalue weighted by molar-refractivity contribution is -0.120. The van der Waals surface area contributed by atoms with Crippen LogP contribution in [0, 0.1) is 23.1 Å². The summed E-state index contributed by atoms with van der Waals surface area (Å²) < 4.78 is 13.6. The summed E-state index contributed by atoms with van der Waals surface area (Å²) >= 11 is 0. The molecule has 0 saturated carbocycles. The van der Waals surface area contributed by atoms with Gasteiger partial charge in [0.1, 0.15) is 5.82 Å². The van der Waals surface area contributed by atoms with Crippen molar-refractivity contribution >= 4 is 22.5 Å². The Morgan fingerprint density at radius 3 is 2.80 bits per heavy atom. The molecular formula is C20H16FN3O. The van der Waals surface area contributed by atoms with E-state index < -0.39 is 0 Å². The molecule has 2 aromatic carbocycles. The van der Waals surface area contributed by atoms with Gasteiger partial charge >= 0.3 is 0 Å². The van der Waals surface area contributed by atoms with Crippen LogP contribution < -0.4 is 5.32 Å². The number of aryl methyl sites for hydroxylation is 1. The quantitative estimate of drug-likeness (QED) is 0.746. The first-order valence-electron chi connectivity index (χ1n) is 8.24. The van der Waals surface area contributed by atoms with E-state index in [0.717, 1.165) is 35.0 Å². The number of halogens is 1. The molecule has 5 heteroatoms. The molecule has 3 aromatic rings. The molecule has 1 amide bonds. The number of amides is 1. The van der Waals surface area contributed by atoms with Crippen molar-refractivity contribution in [3.05, 3.63) is 65.1 Å². The lowest BCUT2D eigenvalue weighted by atomic mass is 9.85. The third-order valence-corrected chi connectivity index (χ3v) is 4.80. The molecule has 0 radical (unpaired) electrons. The van der Waals surface area contributed by atoms with Gasteiger partial charge < -0.3 is 10.3 Å². The summed E-state index contributed by atoms with van der Waals surface area (Å²) in [5.74, 6) is -0.454. The fourth-order valence-electron chi connectivity index (χ4n) is 3.49. The topological polar surface area (TPSA) is 68.7 Å². The van der Waals surface area contributed by atoms with Gasteiger partial charge in [0.15, 0.2) is 0 Å². The number of aromatic amines is 1. The SMILES string of the molecule is N#Cc1ccc(NC(=O)C2CCc3[nH]c4ccc(F)cc4c3C2)cc1. The number of aromatic nitrogens is 1. The average molecular weight is 333 g/mol. The number of rotatable bonds is 2. The summed E-state index contributed by atoms with van der Waals surface area (Å²) in [4.78, 5) is 15.9. The number of nitrogens with one attached hydrogen (secondary N) is 2. The number of carbonyl (C=O) groups excluding carboxylic acids is 1. The molecule has 1 aliphatic carbocycles. The molecule has 124 valence electrons. The minimum atomic E-state index is -0.265. The number of H-pyrrole nitrogens is 1. The van der Waals surface area contributed by atoms with E-state index >= 15 is 0 Å². The van der Waals surface area contributed by atoms with Crippen molar-refractivity contribution in [1.29, 1.82) is 5.26 Å². The van der Waals surface area contributed by atoms with Crippen molar-refractivity contribution in [2.45, 2.75) is 19.3 Å². The molecule has 1 heterocycles. The number of carbonyl (C=O) groups is 1. The predicted octanol–water partition coefficient (Wildman–Crippen LogP) is 3.92. The van der Waals surface area contributed by atoms with Crippen LogP contribution in [0.25, 0.3) is 10.9 Å². The van der Waals surface area contributed by atoms with Gasteiger partial charge in [-0.15, -0.1) is 0 Å². The maximum Gasteiger partial charge on any atom is 0.227 e. The number of hydrogen-bond donors (Lipinski definition) is 2. The highest BCUT2D eigenvalue weighted by atomic mass is 19.1. The third kappa shape index (κ3) is 2.87. The summed E-state index contributed by atoms with van der Waals surface area (Å²) in [7, 11) is 0. The van der Waals surface area contributed by atoms with E-state index in [1.165, 1.54) is 12.1 Å². The first-order chi connectivity index (χ1) is 12.1. The maximum absolute atomic E-state index is 13.6. The van der Waals surface area contributed by atoms with E-state index in [4.69, 9.17) is 5.26 Å². The van der Waals surface area contributed by atoms with Gasteiger partial charge in [0.25, 0.3) is 0 Å².